The Bertz CT molecular complexity index is 229. The maximum absolute atomic E-state index is 11.9. The summed E-state index contributed by atoms with van der Waals surface area (Å²) in [5.74, 6) is 1.16. The average molecular weight is 239 g/mol. The molecule has 17 heavy (non-hydrogen) atoms. The highest BCUT2D eigenvalue weighted by molar-refractivity contribution is 5.78. The van der Waals surface area contributed by atoms with E-state index in [1.807, 2.05) is 0 Å². The van der Waals surface area contributed by atoms with E-state index in [0.717, 1.165) is 32.2 Å². The molecule has 0 aliphatic heterocycles. The predicted octanol–water partition coefficient (Wildman–Crippen LogP) is 3.68. The molecule has 0 bridgehead atoms. The molecule has 1 aliphatic rings. The summed E-state index contributed by atoms with van der Waals surface area (Å²) >= 11 is 0. The molecule has 0 atom stereocenters. The minimum Gasteiger partial charge on any atom is -0.330 e. The van der Waals surface area contributed by atoms with Gasteiger partial charge >= 0.3 is 0 Å². The van der Waals surface area contributed by atoms with E-state index in [2.05, 4.69) is 13.8 Å². The van der Waals surface area contributed by atoms with Crippen LogP contribution in [0.2, 0.25) is 0 Å². The van der Waals surface area contributed by atoms with Crippen LogP contribution in [0.3, 0.4) is 0 Å². The molecule has 1 rings (SSSR count). The summed E-state index contributed by atoms with van der Waals surface area (Å²) in [6, 6.07) is 0. The molecule has 0 radical (unpaired) electrons. The Hall–Kier alpha value is -0.370. The summed E-state index contributed by atoms with van der Waals surface area (Å²) in [5, 5.41) is 0. The lowest BCUT2D eigenvalue weighted by Gasteiger charge is -2.24. The SMILES string of the molecule is CC(C)(CCN)CCC(=O)CC1CCCCC1. The van der Waals surface area contributed by atoms with E-state index in [4.69, 9.17) is 5.73 Å². The van der Waals surface area contributed by atoms with Crippen molar-refractivity contribution >= 4 is 5.78 Å². The van der Waals surface area contributed by atoms with Gasteiger partial charge in [-0.15, -0.1) is 0 Å². The Kier molecular flexibility index (Phi) is 6.18. The molecule has 2 nitrogen and oxygen atoms in total. The van der Waals surface area contributed by atoms with Gasteiger partial charge in [0.2, 0.25) is 0 Å². The number of Topliss-reactive ketones (excluding diaryl/α,β-unsaturated/α-hetero) is 1. The van der Waals surface area contributed by atoms with Crippen molar-refractivity contribution in [2.45, 2.75) is 71.6 Å². The number of nitrogens with two attached hydrogens (primary N) is 1. The number of carbonyl (C=O) groups excluding carboxylic acids is 1. The van der Waals surface area contributed by atoms with E-state index < -0.39 is 0 Å². The third-order valence-electron chi connectivity index (χ3n) is 4.14. The van der Waals surface area contributed by atoms with E-state index in [0.29, 0.717) is 11.7 Å². The van der Waals surface area contributed by atoms with Crippen molar-refractivity contribution in [3.05, 3.63) is 0 Å². The zero-order chi connectivity index (χ0) is 12.7. The molecule has 100 valence electrons. The maximum Gasteiger partial charge on any atom is 0.133 e. The quantitative estimate of drug-likeness (QED) is 0.736. The average Bonchev–Trinajstić information content (AvgIpc) is 2.28. The molecule has 0 aromatic carbocycles. The summed E-state index contributed by atoms with van der Waals surface area (Å²) in [6.07, 6.45) is 10.2. The van der Waals surface area contributed by atoms with Gasteiger partial charge in [-0.25, -0.2) is 0 Å². The minimum absolute atomic E-state index is 0.233. The number of rotatable bonds is 7. The van der Waals surface area contributed by atoms with Crippen molar-refractivity contribution in [1.82, 2.24) is 0 Å². The molecule has 0 aromatic heterocycles. The molecule has 0 spiro atoms. The number of ketones is 1. The standard InChI is InChI=1S/C15H29NO/c1-15(2,10-11-16)9-8-14(17)12-13-6-4-3-5-7-13/h13H,3-12,16H2,1-2H3. The van der Waals surface area contributed by atoms with Gasteiger partial charge < -0.3 is 5.73 Å². The highest BCUT2D eigenvalue weighted by atomic mass is 16.1. The molecule has 1 fully saturated rings. The molecule has 2 N–H and O–H groups in total. The van der Waals surface area contributed by atoms with Gasteiger partial charge in [0.25, 0.3) is 0 Å². The topological polar surface area (TPSA) is 43.1 Å². The van der Waals surface area contributed by atoms with Gasteiger partial charge in [-0.1, -0.05) is 46.0 Å². The second kappa shape index (κ2) is 7.15. The van der Waals surface area contributed by atoms with Crippen LogP contribution in [0.15, 0.2) is 0 Å². The first-order valence-corrected chi connectivity index (χ1v) is 7.25. The van der Waals surface area contributed by atoms with Crippen LogP contribution in [0, 0.1) is 11.3 Å². The second-order valence-corrected chi connectivity index (χ2v) is 6.45. The molecule has 0 saturated heterocycles. The fourth-order valence-electron chi connectivity index (χ4n) is 2.81. The van der Waals surface area contributed by atoms with E-state index in [9.17, 15) is 4.79 Å². The van der Waals surface area contributed by atoms with Crippen LogP contribution >= 0.6 is 0 Å². The van der Waals surface area contributed by atoms with Gasteiger partial charge in [0.1, 0.15) is 5.78 Å². The molecule has 0 heterocycles. The van der Waals surface area contributed by atoms with Gasteiger partial charge in [-0.3, -0.25) is 4.79 Å². The van der Waals surface area contributed by atoms with E-state index in [1.54, 1.807) is 0 Å². The van der Waals surface area contributed by atoms with Crippen molar-refractivity contribution in [1.29, 1.82) is 0 Å². The Morgan fingerprint density at radius 1 is 1.18 bits per heavy atom. The molecular formula is C15H29NO. The molecule has 0 unspecified atom stereocenters. The van der Waals surface area contributed by atoms with Crippen molar-refractivity contribution in [3.63, 3.8) is 0 Å². The van der Waals surface area contributed by atoms with Gasteiger partial charge in [0, 0.05) is 12.8 Å². The lowest BCUT2D eigenvalue weighted by molar-refractivity contribution is -0.120. The zero-order valence-electron chi connectivity index (χ0n) is 11.6. The van der Waals surface area contributed by atoms with Crippen molar-refractivity contribution < 1.29 is 4.79 Å². The Labute approximate surface area is 106 Å². The van der Waals surface area contributed by atoms with Crippen molar-refractivity contribution in [2.24, 2.45) is 17.1 Å². The van der Waals surface area contributed by atoms with Crippen molar-refractivity contribution in [3.8, 4) is 0 Å². The summed E-state index contributed by atoms with van der Waals surface area (Å²) in [6.45, 7) is 5.16. The molecule has 2 heteroatoms. The van der Waals surface area contributed by atoms with Crippen LogP contribution in [0.25, 0.3) is 0 Å². The fraction of sp³-hybridized carbons (Fsp3) is 0.933. The third kappa shape index (κ3) is 6.21. The van der Waals surface area contributed by atoms with Gasteiger partial charge in [-0.2, -0.15) is 0 Å². The maximum atomic E-state index is 11.9. The lowest BCUT2D eigenvalue weighted by atomic mass is 9.81. The van der Waals surface area contributed by atoms with E-state index in [1.165, 1.54) is 32.1 Å². The third-order valence-corrected chi connectivity index (χ3v) is 4.14. The first kappa shape index (κ1) is 14.7. The van der Waals surface area contributed by atoms with Crippen molar-refractivity contribution in [2.75, 3.05) is 6.54 Å². The Morgan fingerprint density at radius 2 is 1.82 bits per heavy atom. The van der Waals surface area contributed by atoms with E-state index in [-0.39, 0.29) is 5.41 Å². The second-order valence-electron chi connectivity index (χ2n) is 6.45. The highest BCUT2D eigenvalue weighted by Gasteiger charge is 2.21. The number of hydrogen-bond acceptors (Lipinski definition) is 2. The Morgan fingerprint density at radius 3 is 2.41 bits per heavy atom. The summed E-state index contributed by atoms with van der Waals surface area (Å²) in [7, 11) is 0. The molecule has 1 aliphatic carbocycles. The van der Waals surface area contributed by atoms with Gasteiger partial charge in [-0.05, 0) is 30.7 Å². The zero-order valence-corrected chi connectivity index (χ0v) is 11.6. The summed E-state index contributed by atoms with van der Waals surface area (Å²) < 4.78 is 0. The number of hydrogen-bond donors (Lipinski definition) is 1. The van der Waals surface area contributed by atoms with Crippen LogP contribution < -0.4 is 5.73 Å². The molecule has 0 aromatic rings. The first-order valence-electron chi connectivity index (χ1n) is 7.25. The van der Waals surface area contributed by atoms with E-state index >= 15 is 0 Å². The molecule has 0 amide bonds. The molecule has 1 saturated carbocycles. The first-order chi connectivity index (χ1) is 8.03. The van der Waals surface area contributed by atoms with Crippen LogP contribution in [-0.2, 0) is 4.79 Å². The summed E-state index contributed by atoms with van der Waals surface area (Å²) in [5.41, 5.74) is 5.82. The van der Waals surface area contributed by atoms with Crippen LogP contribution in [0.1, 0.15) is 71.6 Å². The van der Waals surface area contributed by atoms with Gasteiger partial charge in [0.15, 0.2) is 0 Å². The van der Waals surface area contributed by atoms with Crippen LogP contribution in [0.4, 0.5) is 0 Å². The predicted molar refractivity (Wildman–Crippen MR) is 72.9 cm³/mol. The smallest absolute Gasteiger partial charge is 0.133 e. The monoisotopic (exact) mass is 239 g/mol. The van der Waals surface area contributed by atoms with Crippen LogP contribution in [0.5, 0.6) is 0 Å². The van der Waals surface area contributed by atoms with Crippen LogP contribution in [-0.4, -0.2) is 12.3 Å². The Balaban J connectivity index is 2.20. The normalized spacial score (nSPS) is 18.3. The lowest BCUT2D eigenvalue weighted by Crippen LogP contribution is -2.19. The fourth-order valence-corrected chi connectivity index (χ4v) is 2.81. The van der Waals surface area contributed by atoms with Gasteiger partial charge in [0.05, 0.1) is 0 Å². The highest BCUT2D eigenvalue weighted by Crippen LogP contribution is 2.29. The largest absolute Gasteiger partial charge is 0.330 e. The minimum atomic E-state index is 0.233. The number of carbonyl (C=O) groups is 1. The molecular weight excluding hydrogens is 210 g/mol. The summed E-state index contributed by atoms with van der Waals surface area (Å²) in [4.78, 5) is 11.9.